The number of carbonyl (C=O) groups excluding carboxylic acids is 1. The van der Waals surface area contributed by atoms with Gasteiger partial charge in [-0.15, -0.1) is 0 Å². The molecule has 0 bridgehead atoms. The number of anilines is 1. The Hall–Kier alpha value is -1.61. The number of pyridine rings is 1. The maximum atomic E-state index is 12.6. The van der Waals surface area contributed by atoms with Crippen LogP contribution in [0.15, 0.2) is 30.3 Å². The van der Waals surface area contributed by atoms with E-state index in [1.165, 1.54) is 0 Å². The van der Waals surface area contributed by atoms with Crippen LogP contribution < -0.4 is 5.73 Å². The first kappa shape index (κ1) is 14.3. The monoisotopic (exact) mass is 364 g/mol. The minimum atomic E-state index is -0.146. The van der Waals surface area contributed by atoms with Gasteiger partial charge in [-0.05, 0) is 0 Å². The molecule has 3 aromatic rings. The number of nitrogen functional groups attached to an aromatic ring is 1. The number of fused-ring (bicyclic) bond motifs is 1. The SMILES string of the molecule is Cc1cc(C)c2c(N)c(C(=O)c3ccc(Cl)cc3)[se]c2n1. The first-order valence-electron chi connectivity index (χ1n) is 6.44. The second-order valence-electron chi connectivity index (χ2n) is 4.94. The van der Waals surface area contributed by atoms with Crippen LogP contribution in [0.3, 0.4) is 0 Å². The van der Waals surface area contributed by atoms with Gasteiger partial charge < -0.3 is 0 Å². The van der Waals surface area contributed by atoms with Crippen molar-refractivity contribution >= 4 is 47.4 Å². The van der Waals surface area contributed by atoms with Gasteiger partial charge in [-0.2, -0.15) is 0 Å². The molecule has 21 heavy (non-hydrogen) atoms. The van der Waals surface area contributed by atoms with E-state index < -0.39 is 0 Å². The molecule has 0 aliphatic carbocycles. The van der Waals surface area contributed by atoms with Crippen LogP contribution in [0.25, 0.3) is 9.78 Å². The van der Waals surface area contributed by atoms with Crippen LogP contribution in [-0.4, -0.2) is 25.3 Å². The van der Waals surface area contributed by atoms with Crippen molar-refractivity contribution < 1.29 is 4.79 Å². The van der Waals surface area contributed by atoms with Gasteiger partial charge in [0, 0.05) is 0 Å². The molecule has 0 unspecified atom stereocenters. The van der Waals surface area contributed by atoms with Crippen molar-refractivity contribution in [3.63, 3.8) is 0 Å². The van der Waals surface area contributed by atoms with Gasteiger partial charge in [0.25, 0.3) is 0 Å². The Labute approximate surface area is 133 Å². The number of benzene rings is 1. The average molecular weight is 364 g/mol. The molecule has 0 radical (unpaired) electrons. The van der Waals surface area contributed by atoms with E-state index in [1.807, 2.05) is 19.9 Å². The van der Waals surface area contributed by atoms with Gasteiger partial charge in [-0.1, -0.05) is 0 Å². The van der Waals surface area contributed by atoms with Crippen LogP contribution in [0, 0.1) is 13.8 Å². The summed E-state index contributed by atoms with van der Waals surface area (Å²) in [6.45, 7) is 3.96. The first-order chi connectivity index (χ1) is 9.97. The molecule has 0 aliphatic rings. The predicted octanol–water partition coefficient (Wildman–Crippen LogP) is 3.38. The number of nitrogens with two attached hydrogens (primary N) is 1. The van der Waals surface area contributed by atoms with Crippen molar-refractivity contribution in [3.05, 3.63) is 56.6 Å². The van der Waals surface area contributed by atoms with Crippen LogP contribution in [-0.2, 0) is 0 Å². The first-order valence-corrected chi connectivity index (χ1v) is 8.53. The topological polar surface area (TPSA) is 56.0 Å². The maximum absolute atomic E-state index is 12.6. The molecule has 2 aromatic heterocycles. The zero-order chi connectivity index (χ0) is 15.1. The van der Waals surface area contributed by atoms with E-state index in [0.29, 0.717) is 20.7 Å². The van der Waals surface area contributed by atoms with Crippen molar-refractivity contribution in [1.82, 2.24) is 4.98 Å². The predicted molar refractivity (Wildman–Crippen MR) is 87.5 cm³/mol. The molecule has 0 saturated heterocycles. The zero-order valence-corrected chi connectivity index (χ0v) is 14.1. The van der Waals surface area contributed by atoms with E-state index in [1.54, 1.807) is 24.3 Å². The Balaban J connectivity index is 2.16. The normalized spacial score (nSPS) is 11.0. The number of halogens is 1. The summed E-state index contributed by atoms with van der Waals surface area (Å²) < 4.78 is 1.64. The van der Waals surface area contributed by atoms with Crippen molar-refractivity contribution in [2.24, 2.45) is 0 Å². The fourth-order valence-electron chi connectivity index (χ4n) is 2.37. The fraction of sp³-hybridized carbons (Fsp3) is 0.125. The molecule has 2 N–H and O–H groups in total. The van der Waals surface area contributed by atoms with Crippen molar-refractivity contribution in [1.29, 1.82) is 0 Å². The van der Waals surface area contributed by atoms with Crippen LogP contribution in [0.4, 0.5) is 5.69 Å². The number of aromatic nitrogens is 1. The molecule has 2 heterocycles. The molecule has 0 fully saturated rings. The summed E-state index contributed by atoms with van der Waals surface area (Å²) in [5, 5.41) is 1.56. The third kappa shape index (κ3) is 2.51. The number of hydrogen-bond donors (Lipinski definition) is 1. The van der Waals surface area contributed by atoms with E-state index in [9.17, 15) is 4.79 Å². The molecule has 0 aliphatic heterocycles. The molecule has 0 amide bonds. The third-order valence-electron chi connectivity index (χ3n) is 3.34. The minimum absolute atomic E-state index is 0.0285. The summed E-state index contributed by atoms with van der Waals surface area (Å²) in [4.78, 5) is 17.2. The second-order valence-corrected chi connectivity index (χ2v) is 7.47. The number of rotatable bonds is 2. The molecule has 1 aromatic carbocycles. The van der Waals surface area contributed by atoms with Gasteiger partial charge in [0.2, 0.25) is 0 Å². The Morgan fingerprint density at radius 2 is 1.90 bits per heavy atom. The van der Waals surface area contributed by atoms with E-state index >= 15 is 0 Å². The van der Waals surface area contributed by atoms with Crippen LogP contribution in [0.1, 0.15) is 26.1 Å². The summed E-state index contributed by atoms with van der Waals surface area (Å²) in [5.74, 6) is -0.0285. The average Bonchev–Trinajstić information content (AvgIpc) is 2.76. The Kier molecular flexibility index (Phi) is 3.62. The standard InChI is InChI=1S/C16H13ClN2OSe/c1-8-7-9(2)19-16-12(8)13(18)15(21-16)14(20)10-3-5-11(17)6-4-10/h3-7H,18H2,1-2H3. The van der Waals surface area contributed by atoms with Gasteiger partial charge in [-0.3, -0.25) is 0 Å². The molecule has 0 saturated carbocycles. The molecular weight excluding hydrogens is 351 g/mol. The Morgan fingerprint density at radius 1 is 1.24 bits per heavy atom. The molecule has 0 spiro atoms. The quantitative estimate of drug-likeness (QED) is 0.561. The molecule has 3 nitrogen and oxygen atoms in total. The van der Waals surface area contributed by atoms with Crippen LogP contribution >= 0.6 is 11.6 Å². The molecule has 3 rings (SSSR count). The van der Waals surface area contributed by atoms with Gasteiger partial charge in [0.15, 0.2) is 0 Å². The van der Waals surface area contributed by atoms with Crippen LogP contribution in [0.2, 0.25) is 5.02 Å². The Morgan fingerprint density at radius 3 is 2.57 bits per heavy atom. The summed E-state index contributed by atoms with van der Waals surface area (Å²) in [5.41, 5.74) is 9.45. The van der Waals surface area contributed by atoms with E-state index in [4.69, 9.17) is 17.3 Å². The second kappa shape index (κ2) is 5.30. The molecule has 0 atom stereocenters. The fourth-order valence-corrected chi connectivity index (χ4v) is 4.97. The number of ketones is 1. The molecule has 106 valence electrons. The van der Waals surface area contributed by atoms with E-state index in [0.717, 1.165) is 21.0 Å². The third-order valence-corrected chi connectivity index (χ3v) is 5.89. The Bertz CT molecular complexity index is 853. The van der Waals surface area contributed by atoms with Gasteiger partial charge in [0.05, 0.1) is 0 Å². The van der Waals surface area contributed by atoms with Gasteiger partial charge in [0.1, 0.15) is 0 Å². The number of nitrogens with zero attached hydrogens (tertiary/aromatic N) is 1. The van der Waals surface area contributed by atoms with Crippen molar-refractivity contribution in [2.45, 2.75) is 13.8 Å². The van der Waals surface area contributed by atoms with Crippen molar-refractivity contribution in [2.75, 3.05) is 5.73 Å². The van der Waals surface area contributed by atoms with E-state index in [2.05, 4.69) is 4.98 Å². The number of aryl methyl sites for hydroxylation is 2. The molecule has 5 heteroatoms. The van der Waals surface area contributed by atoms with E-state index in [-0.39, 0.29) is 20.3 Å². The summed E-state index contributed by atoms with van der Waals surface area (Å²) in [6, 6.07) is 8.89. The van der Waals surface area contributed by atoms with Crippen LogP contribution in [0.5, 0.6) is 0 Å². The zero-order valence-electron chi connectivity index (χ0n) is 11.6. The summed E-state index contributed by atoms with van der Waals surface area (Å²) >= 11 is 5.72. The van der Waals surface area contributed by atoms with Gasteiger partial charge in [-0.25, -0.2) is 0 Å². The number of carbonyl (C=O) groups is 1. The summed E-state index contributed by atoms with van der Waals surface area (Å²) in [7, 11) is 0. The molecular formula is C16H13ClN2OSe. The summed E-state index contributed by atoms with van der Waals surface area (Å²) in [6.07, 6.45) is 0. The van der Waals surface area contributed by atoms with Gasteiger partial charge >= 0.3 is 133 Å². The van der Waals surface area contributed by atoms with Crippen molar-refractivity contribution in [3.8, 4) is 0 Å². The number of hydrogen-bond acceptors (Lipinski definition) is 3.